The lowest BCUT2D eigenvalue weighted by Gasteiger charge is -2.27. The Morgan fingerprint density at radius 3 is 2.42 bits per heavy atom. The second-order valence-corrected chi connectivity index (χ2v) is 6.45. The zero-order chi connectivity index (χ0) is 17.7. The van der Waals surface area contributed by atoms with Crippen molar-refractivity contribution in [3.63, 3.8) is 0 Å². The number of amides is 2. The van der Waals surface area contributed by atoms with Crippen LogP contribution in [-0.4, -0.2) is 23.3 Å². The van der Waals surface area contributed by atoms with Gasteiger partial charge in [0.25, 0.3) is 11.6 Å². The second-order valence-electron chi connectivity index (χ2n) is 5.67. The lowest BCUT2D eigenvalue weighted by Crippen LogP contribution is -2.45. The van der Waals surface area contributed by atoms with Crippen LogP contribution in [0.4, 0.5) is 5.69 Å². The summed E-state index contributed by atoms with van der Waals surface area (Å²) in [6.07, 6.45) is 0. The molecule has 8 heteroatoms. The third-order valence-electron chi connectivity index (χ3n) is 3.44. The molecular formula is C16H17N3O4S. The van der Waals surface area contributed by atoms with E-state index in [1.807, 2.05) is 0 Å². The highest BCUT2D eigenvalue weighted by atomic mass is 32.1. The summed E-state index contributed by atoms with van der Waals surface area (Å²) in [6.45, 7) is 3.42. The van der Waals surface area contributed by atoms with Crippen LogP contribution < -0.4 is 10.6 Å². The Morgan fingerprint density at radius 2 is 1.88 bits per heavy atom. The fourth-order valence-corrected chi connectivity index (χ4v) is 2.76. The van der Waals surface area contributed by atoms with Crippen LogP contribution in [-0.2, 0) is 10.3 Å². The summed E-state index contributed by atoms with van der Waals surface area (Å²) in [5, 5.41) is 19.5. The Labute approximate surface area is 142 Å². The Hall–Kier alpha value is -2.74. The van der Waals surface area contributed by atoms with Crippen LogP contribution in [0, 0.1) is 10.1 Å². The van der Waals surface area contributed by atoms with Gasteiger partial charge in [0.1, 0.15) is 0 Å². The number of hydrogen-bond donors (Lipinski definition) is 2. The number of hydrogen-bond acceptors (Lipinski definition) is 5. The molecule has 7 nitrogen and oxygen atoms in total. The molecule has 0 fully saturated rings. The highest BCUT2D eigenvalue weighted by Gasteiger charge is 2.23. The Balaban J connectivity index is 1.94. The molecule has 2 aromatic rings. The molecule has 0 aliphatic carbocycles. The molecule has 1 aromatic heterocycles. The summed E-state index contributed by atoms with van der Waals surface area (Å²) < 4.78 is 0. The molecule has 0 spiro atoms. The van der Waals surface area contributed by atoms with Gasteiger partial charge in [-0.2, -0.15) is 11.3 Å². The molecule has 2 rings (SSSR count). The minimum atomic E-state index is -0.723. The van der Waals surface area contributed by atoms with E-state index in [-0.39, 0.29) is 24.0 Å². The van der Waals surface area contributed by atoms with Crippen LogP contribution in [0.1, 0.15) is 29.8 Å². The minimum Gasteiger partial charge on any atom is -0.346 e. The van der Waals surface area contributed by atoms with Gasteiger partial charge in [-0.15, -0.1) is 0 Å². The highest BCUT2D eigenvalue weighted by Crippen LogP contribution is 2.22. The first-order chi connectivity index (χ1) is 11.3. The predicted octanol–water partition coefficient (Wildman–Crippen LogP) is 2.44. The van der Waals surface area contributed by atoms with E-state index in [4.69, 9.17) is 0 Å². The van der Waals surface area contributed by atoms with Crippen molar-refractivity contribution in [1.82, 2.24) is 10.6 Å². The Bertz CT molecular complexity index is 739. The number of non-ortho nitro benzene ring substituents is 1. The summed E-state index contributed by atoms with van der Waals surface area (Å²) in [7, 11) is 0. The van der Waals surface area contributed by atoms with Crippen molar-refractivity contribution in [1.29, 1.82) is 0 Å². The first-order valence-electron chi connectivity index (χ1n) is 7.16. The summed E-state index contributed by atoms with van der Waals surface area (Å²) >= 11 is 1.40. The van der Waals surface area contributed by atoms with Crippen molar-refractivity contribution in [3.8, 4) is 0 Å². The molecule has 0 unspecified atom stereocenters. The second kappa shape index (κ2) is 7.22. The van der Waals surface area contributed by atoms with Gasteiger partial charge in [0.05, 0.1) is 17.0 Å². The maximum atomic E-state index is 12.0. The number of nitro groups is 1. The van der Waals surface area contributed by atoms with Gasteiger partial charge in [0, 0.05) is 23.1 Å². The van der Waals surface area contributed by atoms with Crippen LogP contribution in [0.25, 0.3) is 0 Å². The SMILES string of the molecule is CC(C)(NC(=O)CNC(=O)c1ccsc1)c1ccc([N+](=O)[O-])cc1. The quantitative estimate of drug-likeness (QED) is 0.619. The number of benzene rings is 1. The number of thiophene rings is 1. The summed E-state index contributed by atoms with van der Waals surface area (Å²) in [5.41, 5.74) is 0.510. The Kier molecular flexibility index (Phi) is 5.30. The average Bonchev–Trinajstić information content (AvgIpc) is 3.07. The van der Waals surface area contributed by atoms with Gasteiger partial charge < -0.3 is 10.6 Å². The topological polar surface area (TPSA) is 101 Å². The summed E-state index contributed by atoms with van der Waals surface area (Å²) in [4.78, 5) is 34.1. The molecule has 24 heavy (non-hydrogen) atoms. The number of carbonyl (C=O) groups is 2. The molecular weight excluding hydrogens is 330 g/mol. The van der Waals surface area contributed by atoms with Gasteiger partial charge in [0.2, 0.25) is 5.91 Å². The van der Waals surface area contributed by atoms with Crippen LogP contribution in [0.5, 0.6) is 0 Å². The van der Waals surface area contributed by atoms with Crippen molar-refractivity contribution < 1.29 is 14.5 Å². The standard InChI is InChI=1S/C16H17N3O4S/c1-16(2,12-3-5-13(6-4-12)19(22)23)18-14(20)9-17-15(21)11-7-8-24-10-11/h3-8,10H,9H2,1-2H3,(H,17,21)(H,18,20). The Morgan fingerprint density at radius 1 is 1.21 bits per heavy atom. The number of nitrogens with one attached hydrogen (secondary N) is 2. The van der Waals surface area contributed by atoms with Gasteiger partial charge in [-0.05, 0) is 43.0 Å². The van der Waals surface area contributed by atoms with E-state index >= 15 is 0 Å². The maximum absolute atomic E-state index is 12.0. The first kappa shape index (κ1) is 17.6. The van der Waals surface area contributed by atoms with E-state index in [1.165, 1.54) is 23.5 Å². The van der Waals surface area contributed by atoms with Crippen molar-refractivity contribution in [2.45, 2.75) is 19.4 Å². The van der Waals surface area contributed by atoms with Gasteiger partial charge in [-0.1, -0.05) is 0 Å². The normalized spacial score (nSPS) is 10.9. The fourth-order valence-electron chi connectivity index (χ4n) is 2.12. The van der Waals surface area contributed by atoms with Gasteiger partial charge in [0.15, 0.2) is 0 Å². The van der Waals surface area contributed by atoms with Crippen molar-refractivity contribution in [3.05, 3.63) is 62.3 Å². The average molecular weight is 347 g/mol. The molecule has 0 aliphatic heterocycles. The molecule has 2 N–H and O–H groups in total. The lowest BCUT2D eigenvalue weighted by atomic mass is 9.94. The zero-order valence-corrected chi connectivity index (χ0v) is 14.1. The van der Waals surface area contributed by atoms with E-state index in [2.05, 4.69) is 10.6 Å². The van der Waals surface area contributed by atoms with Crippen molar-refractivity contribution in [2.24, 2.45) is 0 Å². The van der Waals surface area contributed by atoms with Gasteiger partial charge in [-0.3, -0.25) is 19.7 Å². The van der Waals surface area contributed by atoms with Crippen LogP contribution >= 0.6 is 11.3 Å². The fraction of sp³-hybridized carbons (Fsp3) is 0.250. The molecule has 0 bridgehead atoms. The number of nitrogens with zero attached hydrogens (tertiary/aromatic N) is 1. The third kappa shape index (κ3) is 4.39. The first-order valence-corrected chi connectivity index (χ1v) is 8.10. The number of nitro benzene ring substituents is 1. The molecule has 0 saturated carbocycles. The molecule has 0 aliphatic rings. The predicted molar refractivity (Wildman–Crippen MR) is 90.9 cm³/mol. The van der Waals surface area contributed by atoms with E-state index in [9.17, 15) is 19.7 Å². The molecule has 1 aromatic carbocycles. The molecule has 126 valence electrons. The maximum Gasteiger partial charge on any atom is 0.269 e. The number of rotatable bonds is 6. The summed E-state index contributed by atoms with van der Waals surface area (Å²) in [6, 6.07) is 7.66. The van der Waals surface area contributed by atoms with Gasteiger partial charge in [-0.25, -0.2) is 0 Å². The minimum absolute atomic E-state index is 0.0103. The molecule has 0 saturated heterocycles. The molecule has 2 amide bonds. The molecule has 0 radical (unpaired) electrons. The largest absolute Gasteiger partial charge is 0.346 e. The molecule has 1 heterocycles. The summed E-state index contributed by atoms with van der Waals surface area (Å²) in [5.74, 6) is -0.651. The van der Waals surface area contributed by atoms with Crippen LogP contribution in [0.2, 0.25) is 0 Å². The van der Waals surface area contributed by atoms with E-state index in [0.29, 0.717) is 5.56 Å². The van der Waals surface area contributed by atoms with Crippen molar-refractivity contribution in [2.75, 3.05) is 6.54 Å². The van der Waals surface area contributed by atoms with E-state index in [1.54, 1.807) is 42.8 Å². The van der Waals surface area contributed by atoms with Crippen LogP contribution in [0.3, 0.4) is 0 Å². The third-order valence-corrected chi connectivity index (χ3v) is 4.13. The smallest absolute Gasteiger partial charge is 0.269 e. The van der Waals surface area contributed by atoms with Crippen LogP contribution in [0.15, 0.2) is 41.1 Å². The lowest BCUT2D eigenvalue weighted by molar-refractivity contribution is -0.384. The highest BCUT2D eigenvalue weighted by molar-refractivity contribution is 7.08. The van der Waals surface area contributed by atoms with Gasteiger partial charge >= 0.3 is 0 Å². The molecule has 0 atom stereocenters. The van der Waals surface area contributed by atoms with E-state index in [0.717, 1.165) is 5.56 Å². The van der Waals surface area contributed by atoms with Crippen molar-refractivity contribution >= 4 is 28.8 Å². The number of carbonyl (C=O) groups excluding carboxylic acids is 2. The van der Waals surface area contributed by atoms with E-state index < -0.39 is 10.5 Å². The monoisotopic (exact) mass is 347 g/mol. The zero-order valence-electron chi connectivity index (χ0n) is 13.2.